The maximum atomic E-state index is 12.3. The van der Waals surface area contributed by atoms with Crippen LogP contribution in [0.25, 0.3) is 33.2 Å². The predicted molar refractivity (Wildman–Crippen MR) is 95.0 cm³/mol. The highest BCUT2D eigenvalue weighted by molar-refractivity contribution is 6.06. The quantitative estimate of drug-likeness (QED) is 0.583. The highest BCUT2D eigenvalue weighted by Crippen LogP contribution is 2.30. The molecular formula is C20H15N3O. The average Bonchev–Trinajstić information content (AvgIpc) is 2.91. The first-order valence-electron chi connectivity index (χ1n) is 8.08. The summed E-state index contributed by atoms with van der Waals surface area (Å²) in [6.45, 7) is 1.33. The standard InChI is InChI=1S/C20H15N3O/c24-20-16-6-3-7-17-18(16)23(11-10-21-20)19(22-17)15-9-8-13-4-1-2-5-14(13)12-15/h1-9,12H,10-11H2,(H,21,24). The van der Waals surface area contributed by atoms with Gasteiger partial charge in [0.2, 0.25) is 0 Å². The number of rotatable bonds is 1. The number of para-hydroxylation sites is 1. The number of fused-ring (bicyclic) bond motifs is 1. The summed E-state index contributed by atoms with van der Waals surface area (Å²) in [5.41, 5.74) is 3.57. The third-order valence-corrected chi connectivity index (χ3v) is 4.64. The largest absolute Gasteiger partial charge is 0.350 e. The molecule has 0 fully saturated rings. The zero-order valence-corrected chi connectivity index (χ0v) is 13.0. The number of aromatic nitrogens is 2. The van der Waals surface area contributed by atoms with Crippen molar-refractivity contribution in [2.24, 2.45) is 0 Å². The van der Waals surface area contributed by atoms with Crippen molar-refractivity contribution in [3.05, 3.63) is 66.2 Å². The third kappa shape index (κ3) is 1.86. The highest BCUT2D eigenvalue weighted by atomic mass is 16.1. The van der Waals surface area contributed by atoms with E-state index in [4.69, 9.17) is 4.98 Å². The van der Waals surface area contributed by atoms with Gasteiger partial charge in [0, 0.05) is 18.7 Å². The van der Waals surface area contributed by atoms with E-state index in [0.717, 1.165) is 29.0 Å². The lowest BCUT2D eigenvalue weighted by atomic mass is 10.1. The molecule has 2 heterocycles. The molecule has 1 aliphatic rings. The zero-order chi connectivity index (χ0) is 16.1. The third-order valence-electron chi connectivity index (χ3n) is 4.64. The van der Waals surface area contributed by atoms with Crippen LogP contribution in [0.2, 0.25) is 0 Å². The molecule has 1 aromatic heterocycles. The van der Waals surface area contributed by atoms with Crippen LogP contribution in [-0.2, 0) is 6.54 Å². The first-order chi connectivity index (χ1) is 11.8. The number of imidazole rings is 1. The highest BCUT2D eigenvalue weighted by Gasteiger charge is 2.21. The van der Waals surface area contributed by atoms with Gasteiger partial charge in [-0.25, -0.2) is 4.98 Å². The lowest BCUT2D eigenvalue weighted by molar-refractivity contribution is 0.0956. The first-order valence-corrected chi connectivity index (χ1v) is 8.08. The number of benzene rings is 3. The van der Waals surface area contributed by atoms with E-state index in [-0.39, 0.29) is 5.91 Å². The monoisotopic (exact) mass is 313 g/mol. The van der Waals surface area contributed by atoms with Crippen LogP contribution in [0, 0.1) is 0 Å². The summed E-state index contributed by atoms with van der Waals surface area (Å²) >= 11 is 0. The minimum absolute atomic E-state index is 0.0238. The smallest absolute Gasteiger partial charge is 0.253 e. The van der Waals surface area contributed by atoms with Gasteiger partial charge in [-0.3, -0.25) is 4.79 Å². The van der Waals surface area contributed by atoms with Crippen molar-refractivity contribution in [1.82, 2.24) is 14.9 Å². The molecular weight excluding hydrogens is 298 g/mol. The van der Waals surface area contributed by atoms with E-state index in [0.29, 0.717) is 12.1 Å². The second kappa shape index (κ2) is 4.93. The van der Waals surface area contributed by atoms with Crippen LogP contribution in [0.3, 0.4) is 0 Å². The molecule has 1 aliphatic heterocycles. The van der Waals surface area contributed by atoms with Crippen LogP contribution >= 0.6 is 0 Å². The molecule has 1 amide bonds. The Hall–Kier alpha value is -3.14. The summed E-state index contributed by atoms with van der Waals surface area (Å²) in [6, 6.07) is 20.4. The van der Waals surface area contributed by atoms with Crippen LogP contribution < -0.4 is 5.32 Å². The minimum atomic E-state index is -0.0238. The molecule has 0 aliphatic carbocycles. The molecule has 24 heavy (non-hydrogen) atoms. The van der Waals surface area contributed by atoms with Gasteiger partial charge in [0.25, 0.3) is 5.91 Å². The van der Waals surface area contributed by atoms with E-state index < -0.39 is 0 Å². The Morgan fingerprint density at radius 1 is 0.958 bits per heavy atom. The van der Waals surface area contributed by atoms with Gasteiger partial charge in [-0.05, 0) is 29.0 Å². The van der Waals surface area contributed by atoms with Gasteiger partial charge in [0.15, 0.2) is 0 Å². The molecule has 0 unspecified atom stereocenters. The molecule has 5 rings (SSSR count). The van der Waals surface area contributed by atoms with Gasteiger partial charge >= 0.3 is 0 Å². The van der Waals surface area contributed by atoms with Crippen LogP contribution in [0.1, 0.15) is 10.4 Å². The molecule has 0 saturated heterocycles. The van der Waals surface area contributed by atoms with Gasteiger partial charge in [-0.2, -0.15) is 0 Å². The molecule has 4 nitrogen and oxygen atoms in total. The van der Waals surface area contributed by atoms with Gasteiger partial charge < -0.3 is 9.88 Å². The molecule has 0 atom stereocenters. The SMILES string of the molecule is O=C1NCCn2c(-c3ccc4ccccc4c3)nc3cccc1c32. The van der Waals surface area contributed by atoms with Gasteiger partial charge in [0.05, 0.1) is 16.6 Å². The fourth-order valence-corrected chi connectivity index (χ4v) is 3.51. The number of carbonyl (C=O) groups excluding carboxylic acids is 1. The molecule has 1 N–H and O–H groups in total. The Morgan fingerprint density at radius 2 is 1.83 bits per heavy atom. The lowest BCUT2D eigenvalue weighted by Crippen LogP contribution is -2.24. The maximum absolute atomic E-state index is 12.3. The molecule has 0 spiro atoms. The second-order valence-corrected chi connectivity index (χ2v) is 6.08. The Morgan fingerprint density at radius 3 is 2.75 bits per heavy atom. The van der Waals surface area contributed by atoms with Gasteiger partial charge in [0.1, 0.15) is 5.82 Å². The Labute approximate surface area is 138 Å². The van der Waals surface area contributed by atoms with Crippen molar-refractivity contribution < 1.29 is 4.79 Å². The number of amides is 1. The first kappa shape index (κ1) is 13.3. The van der Waals surface area contributed by atoms with E-state index in [2.05, 4.69) is 40.2 Å². The topological polar surface area (TPSA) is 46.9 Å². The Kier molecular flexibility index (Phi) is 2.73. The van der Waals surface area contributed by atoms with E-state index in [1.165, 1.54) is 10.8 Å². The van der Waals surface area contributed by atoms with Gasteiger partial charge in [-0.1, -0.05) is 42.5 Å². The van der Waals surface area contributed by atoms with Crippen molar-refractivity contribution >= 4 is 27.7 Å². The van der Waals surface area contributed by atoms with Crippen LogP contribution in [0.5, 0.6) is 0 Å². The van der Waals surface area contributed by atoms with Crippen molar-refractivity contribution in [3.8, 4) is 11.4 Å². The molecule has 3 aromatic carbocycles. The summed E-state index contributed by atoms with van der Waals surface area (Å²) < 4.78 is 2.16. The molecule has 0 radical (unpaired) electrons. The summed E-state index contributed by atoms with van der Waals surface area (Å²) in [5, 5.41) is 5.36. The van der Waals surface area contributed by atoms with E-state index in [1.54, 1.807) is 0 Å². The average molecular weight is 313 g/mol. The van der Waals surface area contributed by atoms with Crippen molar-refractivity contribution in [2.45, 2.75) is 6.54 Å². The Bertz CT molecular complexity index is 1110. The van der Waals surface area contributed by atoms with Crippen molar-refractivity contribution in [1.29, 1.82) is 0 Å². The second-order valence-electron chi connectivity index (χ2n) is 6.08. The number of hydrogen-bond acceptors (Lipinski definition) is 2. The number of nitrogens with zero attached hydrogens (tertiary/aromatic N) is 2. The normalized spacial score (nSPS) is 13.9. The fraction of sp³-hybridized carbons (Fsp3) is 0.100. The van der Waals surface area contributed by atoms with E-state index >= 15 is 0 Å². The van der Waals surface area contributed by atoms with E-state index in [1.807, 2.05) is 30.3 Å². The fourth-order valence-electron chi connectivity index (χ4n) is 3.51. The number of carbonyl (C=O) groups is 1. The summed E-state index contributed by atoms with van der Waals surface area (Å²) in [5.74, 6) is 0.893. The van der Waals surface area contributed by atoms with Crippen LogP contribution in [0.15, 0.2) is 60.7 Å². The lowest BCUT2D eigenvalue weighted by Gasteiger charge is -2.08. The van der Waals surface area contributed by atoms with Crippen LogP contribution in [0.4, 0.5) is 0 Å². The molecule has 4 aromatic rings. The predicted octanol–water partition coefficient (Wildman–Crippen LogP) is 3.60. The number of nitrogens with one attached hydrogen (secondary N) is 1. The van der Waals surface area contributed by atoms with Crippen molar-refractivity contribution in [3.63, 3.8) is 0 Å². The maximum Gasteiger partial charge on any atom is 0.253 e. The van der Waals surface area contributed by atoms with E-state index in [9.17, 15) is 4.79 Å². The molecule has 116 valence electrons. The summed E-state index contributed by atoms with van der Waals surface area (Å²) in [7, 11) is 0. The summed E-state index contributed by atoms with van der Waals surface area (Å²) in [6.07, 6.45) is 0. The van der Waals surface area contributed by atoms with Gasteiger partial charge in [-0.15, -0.1) is 0 Å². The zero-order valence-electron chi connectivity index (χ0n) is 13.0. The molecule has 0 saturated carbocycles. The van der Waals surface area contributed by atoms with Crippen molar-refractivity contribution in [2.75, 3.05) is 6.54 Å². The summed E-state index contributed by atoms with van der Waals surface area (Å²) in [4.78, 5) is 17.1. The van der Waals surface area contributed by atoms with Crippen LogP contribution in [-0.4, -0.2) is 22.0 Å². The molecule has 0 bridgehead atoms. The minimum Gasteiger partial charge on any atom is -0.350 e. The molecule has 4 heteroatoms. The number of hydrogen-bond donors (Lipinski definition) is 1. The Balaban J connectivity index is 1.81.